The summed E-state index contributed by atoms with van der Waals surface area (Å²) in [4.78, 5) is 15.5. The number of halogens is 1. The Kier molecular flexibility index (Phi) is 6.14. The van der Waals surface area contributed by atoms with E-state index in [1.54, 1.807) is 0 Å². The molecule has 1 aliphatic heterocycles. The van der Waals surface area contributed by atoms with Gasteiger partial charge in [-0.2, -0.15) is 0 Å². The first-order valence-electron chi connectivity index (χ1n) is 13.4. The van der Waals surface area contributed by atoms with Gasteiger partial charge in [-0.3, -0.25) is 4.79 Å². The highest BCUT2D eigenvalue weighted by molar-refractivity contribution is 5.85. The van der Waals surface area contributed by atoms with E-state index in [1.165, 1.54) is 76.2 Å². The maximum absolute atomic E-state index is 13.3. The van der Waals surface area contributed by atoms with Crippen LogP contribution in [0.15, 0.2) is 30.3 Å². The number of carbonyl (C=O) groups is 1. The molecule has 5 saturated carbocycles. The summed E-state index contributed by atoms with van der Waals surface area (Å²) in [5.74, 6) is 2.62. The van der Waals surface area contributed by atoms with Crippen molar-refractivity contribution in [2.45, 2.75) is 82.7 Å². The molecule has 4 unspecified atom stereocenters. The molecule has 33 heavy (non-hydrogen) atoms. The van der Waals surface area contributed by atoms with Gasteiger partial charge in [-0.1, -0.05) is 49.6 Å². The van der Waals surface area contributed by atoms with Gasteiger partial charge in [-0.25, -0.2) is 0 Å². The number of carbonyl (C=O) groups excluding carboxylic acids is 1. The Labute approximate surface area is 206 Å². The SMILES string of the molecule is CN(C)CC1CC(c2ccccc2)(C23CC4CC(CC(C5CCCCC5)(C4)C2)C3)OC1=O.Cl. The van der Waals surface area contributed by atoms with Crippen LogP contribution in [0, 0.1) is 34.5 Å². The van der Waals surface area contributed by atoms with Crippen LogP contribution in [0.2, 0.25) is 0 Å². The summed E-state index contributed by atoms with van der Waals surface area (Å²) in [6.45, 7) is 0.796. The third-order valence-corrected chi connectivity index (χ3v) is 10.4. The first-order chi connectivity index (χ1) is 15.4. The minimum atomic E-state index is -0.427. The zero-order chi connectivity index (χ0) is 22.0. The van der Waals surface area contributed by atoms with E-state index in [0.717, 1.165) is 30.7 Å². The summed E-state index contributed by atoms with van der Waals surface area (Å²) in [5, 5.41) is 0. The zero-order valence-electron chi connectivity index (χ0n) is 20.6. The average Bonchev–Trinajstić information content (AvgIpc) is 3.11. The van der Waals surface area contributed by atoms with Crippen LogP contribution in [0.25, 0.3) is 0 Å². The minimum absolute atomic E-state index is 0. The molecule has 0 N–H and O–H groups in total. The third-order valence-electron chi connectivity index (χ3n) is 10.4. The third kappa shape index (κ3) is 3.68. The van der Waals surface area contributed by atoms with E-state index in [0.29, 0.717) is 5.41 Å². The highest BCUT2D eigenvalue weighted by Gasteiger charge is 2.69. The van der Waals surface area contributed by atoms with Crippen molar-refractivity contribution >= 4 is 18.4 Å². The van der Waals surface area contributed by atoms with Crippen LogP contribution in [0.4, 0.5) is 0 Å². The second kappa shape index (κ2) is 8.55. The van der Waals surface area contributed by atoms with Crippen molar-refractivity contribution in [1.82, 2.24) is 4.90 Å². The minimum Gasteiger partial charge on any atom is -0.453 e. The molecule has 3 nitrogen and oxygen atoms in total. The molecular formula is C29H42ClNO2. The number of esters is 1. The van der Waals surface area contributed by atoms with Crippen LogP contribution in [0.5, 0.6) is 0 Å². The maximum Gasteiger partial charge on any atom is 0.311 e. The van der Waals surface area contributed by atoms with Gasteiger partial charge in [-0.15, -0.1) is 12.4 Å². The van der Waals surface area contributed by atoms with Gasteiger partial charge in [0.15, 0.2) is 0 Å². The molecule has 0 amide bonds. The normalized spacial score (nSPS) is 42.4. The Morgan fingerprint density at radius 3 is 2.24 bits per heavy atom. The molecule has 4 bridgehead atoms. The van der Waals surface area contributed by atoms with Crippen molar-refractivity contribution in [3.05, 3.63) is 35.9 Å². The molecule has 1 aromatic carbocycles. The van der Waals surface area contributed by atoms with Gasteiger partial charge in [0.2, 0.25) is 0 Å². The van der Waals surface area contributed by atoms with Gasteiger partial charge >= 0.3 is 5.97 Å². The summed E-state index contributed by atoms with van der Waals surface area (Å²) in [7, 11) is 4.16. The van der Waals surface area contributed by atoms with Gasteiger partial charge < -0.3 is 9.64 Å². The molecule has 1 aromatic rings. The summed E-state index contributed by atoms with van der Waals surface area (Å²) >= 11 is 0. The second-order valence-corrected chi connectivity index (χ2v) is 12.7. The Bertz CT molecular complexity index is 850. The van der Waals surface area contributed by atoms with Crippen LogP contribution in [0.1, 0.15) is 82.6 Å². The topological polar surface area (TPSA) is 29.5 Å². The molecule has 1 heterocycles. The van der Waals surface area contributed by atoms with Crippen LogP contribution < -0.4 is 0 Å². The number of cyclic esters (lactones) is 1. The Morgan fingerprint density at radius 1 is 0.939 bits per heavy atom. The van der Waals surface area contributed by atoms with Gasteiger partial charge in [0.1, 0.15) is 5.60 Å². The molecule has 1 saturated heterocycles. The molecule has 0 radical (unpaired) electrons. The molecule has 0 aromatic heterocycles. The summed E-state index contributed by atoms with van der Waals surface area (Å²) in [6, 6.07) is 10.9. The second-order valence-electron chi connectivity index (χ2n) is 12.7. The largest absolute Gasteiger partial charge is 0.453 e. The van der Waals surface area contributed by atoms with Crippen LogP contribution in [-0.2, 0) is 15.1 Å². The average molecular weight is 472 g/mol. The Balaban J connectivity index is 0.00000228. The number of hydrogen-bond donors (Lipinski definition) is 0. The predicted octanol–water partition coefficient (Wildman–Crippen LogP) is 6.60. The molecule has 182 valence electrons. The van der Waals surface area contributed by atoms with E-state index in [1.807, 2.05) is 0 Å². The molecule has 5 aliphatic carbocycles. The summed E-state index contributed by atoms with van der Waals surface area (Å²) < 4.78 is 6.70. The molecule has 6 aliphatic rings. The lowest BCUT2D eigenvalue weighted by Gasteiger charge is -2.68. The van der Waals surface area contributed by atoms with E-state index in [-0.39, 0.29) is 29.7 Å². The highest BCUT2D eigenvalue weighted by Crippen LogP contribution is 2.74. The summed E-state index contributed by atoms with van der Waals surface area (Å²) in [6.07, 6.45) is 16.2. The molecular weight excluding hydrogens is 430 g/mol. The van der Waals surface area contributed by atoms with Crippen molar-refractivity contribution in [3.8, 4) is 0 Å². The number of rotatable bonds is 5. The van der Waals surface area contributed by atoms with Crippen molar-refractivity contribution in [3.63, 3.8) is 0 Å². The van der Waals surface area contributed by atoms with Gasteiger partial charge in [0, 0.05) is 18.4 Å². The number of ether oxygens (including phenoxy) is 1. The highest BCUT2D eigenvalue weighted by atomic mass is 35.5. The van der Waals surface area contributed by atoms with E-state index in [9.17, 15) is 4.79 Å². The van der Waals surface area contributed by atoms with Gasteiger partial charge in [0.25, 0.3) is 0 Å². The lowest BCUT2D eigenvalue weighted by molar-refractivity contribution is -0.227. The Hall–Kier alpha value is -1.06. The zero-order valence-corrected chi connectivity index (χ0v) is 21.4. The van der Waals surface area contributed by atoms with E-state index in [4.69, 9.17) is 4.74 Å². The van der Waals surface area contributed by atoms with E-state index < -0.39 is 5.60 Å². The lowest BCUT2D eigenvalue weighted by Crippen LogP contribution is -2.61. The number of nitrogens with zero attached hydrogens (tertiary/aromatic N) is 1. The van der Waals surface area contributed by atoms with Gasteiger partial charge in [-0.05, 0) is 94.2 Å². The molecule has 7 rings (SSSR count). The fourth-order valence-corrected chi connectivity index (χ4v) is 9.82. The van der Waals surface area contributed by atoms with Crippen LogP contribution >= 0.6 is 12.4 Å². The van der Waals surface area contributed by atoms with Crippen molar-refractivity contribution in [1.29, 1.82) is 0 Å². The molecule has 0 spiro atoms. The van der Waals surface area contributed by atoms with Crippen LogP contribution in [0.3, 0.4) is 0 Å². The van der Waals surface area contributed by atoms with Gasteiger partial charge in [0.05, 0.1) is 5.92 Å². The molecule has 6 fully saturated rings. The quantitative estimate of drug-likeness (QED) is 0.453. The standard InChI is InChI=1S/C29H41NO2.ClH/c1-30(2)19-23-18-29(32-26(23)31,25-11-7-4-8-12-25)28-16-21-13-22(17-28)15-27(14-21,20-28)24-9-5-3-6-10-24;/h4,7-8,11-12,21-24H,3,5-6,9-10,13-20H2,1-2H3;1H. The first kappa shape index (κ1) is 23.7. The lowest BCUT2D eigenvalue weighted by atomic mass is 9.37. The number of benzene rings is 1. The first-order valence-corrected chi connectivity index (χ1v) is 13.4. The maximum atomic E-state index is 13.3. The van der Waals surface area contributed by atoms with Crippen molar-refractivity contribution in [2.75, 3.05) is 20.6 Å². The number of hydrogen-bond acceptors (Lipinski definition) is 3. The monoisotopic (exact) mass is 471 g/mol. The summed E-state index contributed by atoms with van der Waals surface area (Å²) in [5.41, 5.74) is 1.49. The smallest absolute Gasteiger partial charge is 0.311 e. The van der Waals surface area contributed by atoms with Crippen LogP contribution in [-0.4, -0.2) is 31.5 Å². The molecule has 4 heteroatoms. The van der Waals surface area contributed by atoms with E-state index in [2.05, 4.69) is 49.3 Å². The van der Waals surface area contributed by atoms with Crippen molar-refractivity contribution in [2.24, 2.45) is 34.5 Å². The Morgan fingerprint density at radius 2 is 1.61 bits per heavy atom. The predicted molar refractivity (Wildman–Crippen MR) is 134 cm³/mol. The van der Waals surface area contributed by atoms with Crippen molar-refractivity contribution < 1.29 is 9.53 Å². The molecule has 4 atom stereocenters. The fraction of sp³-hybridized carbons (Fsp3) is 0.759. The fourth-order valence-electron chi connectivity index (χ4n) is 9.82. The van der Waals surface area contributed by atoms with E-state index >= 15 is 0 Å².